The highest BCUT2D eigenvalue weighted by atomic mass is 32.1. The molecule has 1 aromatic carbocycles. The number of rotatable bonds is 6. The lowest BCUT2D eigenvalue weighted by Gasteiger charge is -2.23. The van der Waals surface area contributed by atoms with Gasteiger partial charge in [-0.05, 0) is 44.3 Å². The van der Waals surface area contributed by atoms with Crippen molar-refractivity contribution in [3.8, 4) is 5.75 Å². The molecule has 7 heteroatoms. The molecule has 0 spiro atoms. The summed E-state index contributed by atoms with van der Waals surface area (Å²) in [6.45, 7) is 2.63. The summed E-state index contributed by atoms with van der Waals surface area (Å²) in [5.74, 6) is 0.172. The van der Waals surface area contributed by atoms with Crippen molar-refractivity contribution < 1.29 is 26.8 Å². The Labute approximate surface area is 133 Å². The van der Waals surface area contributed by atoms with Crippen molar-refractivity contribution in [2.24, 2.45) is 0 Å². The molecule has 2 unspecified atom stereocenters. The van der Waals surface area contributed by atoms with E-state index in [0.717, 1.165) is 18.9 Å². The molecule has 0 N–H and O–H groups in total. The molecule has 0 aromatic heterocycles. The predicted molar refractivity (Wildman–Crippen MR) is 79.0 cm³/mol. The predicted octanol–water partition coefficient (Wildman–Crippen LogP) is 4.58. The Morgan fingerprint density at radius 1 is 1.41 bits per heavy atom. The summed E-state index contributed by atoms with van der Waals surface area (Å²) in [6.07, 6.45) is -3.18. The second kappa shape index (κ2) is 7.57. The lowest BCUT2D eigenvalue weighted by molar-refractivity contribution is -0.139. The van der Waals surface area contributed by atoms with E-state index in [-0.39, 0.29) is 24.0 Å². The monoisotopic (exact) mass is 336 g/mol. The summed E-state index contributed by atoms with van der Waals surface area (Å²) in [5.41, 5.74) is -0.760. The molecule has 1 saturated heterocycles. The fraction of sp³-hybridized carbons (Fsp3) is 0.600. The molecule has 1 heterocycles. The van der Waals surface area contributed by atoms with Gasteiger partial charge in [-0.2, -0.15) is 13.2 Å². The van der Waals surface area contributed by atoms with Gasteiger partial charge in [0.05, 0.1) is 11.7 Å². The standard InChI is InChI=1S/C15H19F3O3S/c1-2-12(21-22)14-11(15(16,17)18)6-3-7-13(14)20-9-10-5-4-8-19-10/h3,6-7,10,12,22H,2,4-5,8-9H2,1H3. The fourth-order valence-electron chi connectivity index (χ4n) is 2.54. The third kappa shape index (κ3) is 4.08. The first-order valence-electron chi connectivity index (χ1n) is 7.22. The van der Waals surface area contributed by atoms with Gasteiger partial charge < -0.3 is 13.7 Å². The van der Waals surface area contributed by atoms with Gasteiger partial charge in [-0.15, -0.1) is 0 Å². The minimum Gasteiger partial charge on any atom is -0.490 e. The minimum atomic E-state index is -4.47. The minimum absolute atomic E-state index is 0.00880. The molecule has 2 rings (SSSR count). The number of benzene rings is 1. The Hall–Kier alpha value is -0.920. The summed E-state index contributed by atoms with van der Waals surface area (Å²) in [5, 5.41) is 0. The Bertz CT molecular complexity index is 483. The van der Waals surface area contributed by atoms with Crippen LogP contribution in [0.1, 0.15) is 43.4 Å². The van der Waals surface area contributed by atoms with Crippen LogP contribution in [0.5, 0.6) is 5.75 Å². The van der Waals surface area contributed by atoms with Crippen LogP contribution >= 0.6 is 12.9 Å². The van der Waals surface area contributed by atoms with E-state index in [9.17, 15) is 13.2 Å². The van der Waals surface area contributed by atoms with Crippen LogP contribution in [0, 0.1) is 0 Å². The van der Waals surface area contributed by atoms with Gasteiger partial charge in [0.1, 0.15) is 18.5 Å². The first kappa shape index (κ1) is 17.4. The lowest BCUT2D eigenvalue weighted by Crippen LogP contribution is -2.19. The van der Waals surface area contributed by atoms with Crippen molar-refractivity contribution in [1.82, 2.24) is 0 Å². The normalized spacial score (nSPS) is 20.1. The van der Waals surface area contributed by atoms with Crippen LogP contribution in [0.3, 0.4) is 0 Å². The van der Waals surface area contributed by atoms with E-state index in [1.807, 2.05) is 0 Å². The molecular formula is C15H19F3O3S. The Morgan fingerprint density at radius 3 is 2.73 bits per heavy atom. The van der Waals surface area contributed by atoms with Gasteiger partial charge in [-0.25, -0.2) is 0 Å². The first-order valence-corrected chi connectivity index (χ1v) is 7.58. The van der Waals surface area contributed by atoms with E-state index in [4.69, 9.17) is 13.7 Å². The molecule has 0 aliphatic carbocycles. The van der Waals surface area contributed by atoms with Crippen molar-refractivity contribution in [3.63, 3.8) is 0 Å². The summed E-state index contributed by atoms with van der Waals surface area (Å²) in [6, 6.07) is 3.89. The Morgan fingerprint density at radius 2 is 2.18 bits per heavy atom. The molecule has 1 fully saturated rings. The van der Waals surface area contributed by atoms with Crippen molar-refractivity contribution in [1.29, 1.82) is 0 Å². The summed E-state index contributed by atoms with van der Waals surface area (Å²) in [7, 11) is 0. The number of hydrogen-bond acceptors (Lipinski definition) is 4. The molecule has 1 aromatic rings. The number of thiol groups is 1. The average Bonchev–Trinajstić information content (AvgIpc) is 2.99. The molecule has 124 valence electrons. The number of alkyl halides is 3. The topological polar surface area (TPSA) is 27.7 Å². The van der Waals surface area contributed by atoms with E-state index in [2.05, 4.69) is 12.9 Å². The van der Waals surface area contributed by atoms with Crippen molar-refractivity contribution in [2.45, 2.75) is 44.6 Å². The fourth-order valence-corrected chi connectivity index (χ4v) is 2.79. The quantitative estimate of drug-likeness (QED) is 0.609. The maximum absolute atomic E-state index is 13.2. The molecule has 0 radical (unpaired) electrons. The molecule has 0 saturated carbocycles. The third-order valence-electron chi connectivity index (χ3n) is 3.64. The van der Waals surface area contributed by atoms with Crippen LogP contribution in [-0.2, 0) is 15.1 Å². The largest absolute Gasteiger partial charge is 0.490 e. The van der Waals surface area contributed by atoms with E-state index in [1.165, 1.54) is 12.1 Å². The van der Waals surface area contributed by atoms with Crippen LogP contribution in [0.15, 0.2) is 18.2 Å². The highest BCUT2D eigenvalue weighted by Gasteiger charge is 2.37. The SMILES string of the molecule is CCC(OS)c1c(OCC2CCCO2)cccc1C(F)(F)F. The summed E-state index contributed by atoms with van der Waals surface area (Å²) in [4.78, 5) is 0. The average molecular weight is 336 g/mol. The molecule has 3 nitrogen and oxygen atoms in total. The molecule has 1 aliphatic heterocycles. The maximum Gasteiger partial charge on any atom is 0.416 e. The Kier molecular flexibility index (Phi) is 6.00. The van der Waals surface area contributed by atoms with Gasteiger partial charge in [0.25, 0.3) is 0 Å². The van der Waals surface area contributed by atoms with E-state index in [1.54, 1.807) is 6.92 Å². The van der Waals surface area contributed by atoms with E-state index in [0.29, 0.717) is 13.0 Å². The zero-order valence-corrected chi connectivity index (χ0v) is 13.1. The van der Waals surface area contributed by atoms with Crippen molar-refractivity contribution in [3.05, 3.63) is 29.3 Å². The van der Waals surface area contributed by atoms with Gasteiger partial charge in [-0.3, -0.25) is 0 Å². The van der Waals surface area contributed by atoms with Crippen LogP contribution in [-0.4, -0.2) is 19.3 Å². The second-order valence-electron chi connectivity index (χ2n) is 5.16. The van der Waals surface area contributed by atoms with Gasteiger partial charge in [-0.1, -0.05) is 13.0 Å². The summed E-state index contributed by atoms with van der Waals surface area (Å²) >= 11 is 3.71. The number of hydrogen-bond donors (Lipinski definition) is 1. The number of ether oxygens (including phenoxy) is 2. The third-order valence-corrected chi connectivity index (χ3v) is 3.89. The van der Waals surface area contributed by atoms with Gasteiger partial charge >= 0.3 is 6.18 Å². The smallest absolute Gasteiger partial charge is 0.416 e. The molecule has 0 bridgehead atoms. The molecular weight excluding hydrogens is 317 g/mol. The van der Waals surface area contributed by atoms with Gasteiger partial charge in [0.15, 0.2) is 0 Å². The summed E-state index contributed by atoms with van der Waals surface area (Å²) < 4.78 is 55.7. The molecule has 1 aliphatic rings. The van der Waals surface area contributed by atoms with Crippen molar-refractivity contribution >= 4 is 12.9 Å². The van der Waals surface area contributed by atoms with Crippen LogP contribution in [0.2, 0.25) is 0 Å². The highest BCUT2D eigenvalue weighted by molar-refractivity contribution is 7.75. The number of halogens is 3. The first-order chi connectivity index (χ1) is 10.5. The molecule has 22 heavy (non-hydrogen) atoms. The lowest BCUT2D eigenvalue weighted by atomic mass is 9.99. The van der Waals surface area contributed by atoms with E-state index < -0.39 is 17.8 Å². The van der Waals surface area contributed by atoms with Crippen LogP contribution < -0.4 is 4.74 Å². The Balaban J connectivity index is 2.30. The maximum atomic E-state index is 13.2. The highest BCUT2D eigenvalue weighted by Crippen LogP contribution is 2.41. The van der Waals surface area contributed by atoms with Gasteiger partial charge in [0, 0.05) is 12.2 Å². The molecule has 2 atom stereocenters. The van der Waals surface area contributed by atoms with Gasteiger partial charge in [0.2, 0.25) is 0 Å². The van der Waals surface area contributed by atoms with E-state index >= 15 is 0 Å². The second-order valence-corrected chi connectivity index (χ2v) is 5.37. The molecule has 0 amide bonds. The zero-order valence-electron chi connectivity index (χ0n) is 12.2. The van der Waals surface area contributed by atoms with Crippen LogP contribution in [0.4, 0.5) is 13.2 Å². The zero-order chi connectivity index (χ0) is 16.2. The van der Waals surface area contributed by atoms with Crippen LogP contribution in [0.25, 0.3) is 0 Å². The van der Waals surface area contributed by atoms with Crippen molar-refractivity contribution in [2.75, 3.05) is 13.2 Å².